The fourth-order valence-electron chi connectivity index (χ4n) is 5.04. The van der Waals surface area contributed by atoms with Gasteiger partial charge in [-0.15, -0.1) is 0 Å². The average molecular weight is 438 g/mol. The van der Waals surface area contributed by atoms with Crippen LogP contribution in [0.15, 0.2) is 42.5 Å². The Morgan fingerprint density at radius 1 is 1.16 bits per heavy atom. The van der Waals surface area contributed by atoms with Gasteiger partial charge in [0, 0.05) is 34.2 Å². The monoisotopic (exact) mass is 437 g/mol. The molecule has 0 bridgehead atoms. The van der Waals surface area contributed by atoms with E-state index < -0.39 is 0 Å². The number of ether oxygens (including phenoxy) is 1. The molecular formula is C25H28ClN3O2. The third-order valence-electron chi connectivity index (χ3n) is 6.82. The molecule has 1 fully saturated rings. The summed E-state index contributed by atoms with van der Waals surface area (Å²) in [6.45, 7) is 2.55. The smallest absolute Gasteiger partial charge is 0.210 e. The first-order valence-corrected chi connectivity index (χ1v) is 11.5. The van der Waals surface area contributed by atoms with Gasteiger partial charge in [0.05, 0.1) is 6.04 Å². The number of piperidine rings is 1. The van der Waals surface area contributed by atoms with Crippen molar-refractivity contribution < 1.29 is 9.53 Å². The van der Waals surface area contributed by atoms with E-state index in [2.05, 4.69) is 29.1 Å². The first-order valence-electron chi connectivity index (χ1n) is 11.1. The van der Waals surface area contributed by atoms with Crippen LogP contribution < -0.4 is 4.74 Å². The highest BCUT2D eigenvalue weighted by atomic mass is 35.5. The second-order valence-electron chi connectivity index (χ2n) is 8.71. The predicted octanol–water partition coefficient (Wildman–Crippen LogP) is 4.79. The summed E-state index contributed by atoms with van der Waals surface area (Å²) < 4.78 is 6.09. The topological polar surface area (TPSA) is 48.6 Å². The number of carbonyl (C=O) groups is 1. The summed E-state index contributed by atoms with van der Waals surface area (Å²) >= 11 is 6.24. The van der Waals surface area contributed by atoms with Crippen LogP contribution in [0.2, 0.25) is 5.02 Å². The Morgan fingerprint density at radius 3 is 2.77 bits per heavy atom. The third-order valence-corrected chi connectivity index (χ3v) is 7.06. The number of likely N-dealkylation sites (N-methyl/N-ethyl adjacent to an activating group) is 1. The number of aromatic nitrogens is 1. The van der Waals surface area contributed by atoms with Gasteiger partial charge in [0.15, 0.2) is 0 Å². The highest BCUT2D eigenvalue weighted by Crippen LogP contribution is 2.38. The molecule has 0 radical (unpaired) electrons. The van der Waals surface area contributed by atoms with E-state index in [9.17, 15) is 4.79 Å². The molecule has 2 unspecified atom stereocenters. The van der Waals surface area contributed by atoms with Crippen molar-refractivity contribution >= 4 is 28.9 Å². The number of nitrogens with one attached hydrogen (secondary N) is 1. The van der Waals surface area contributed by atoms with Crippen LogP contribution in [-0.4, -0.2) is 54.0 Å². The van der Waals surface area contributed by atoms with Gasteiger partial charge < -0.3 is 19.5 Å². The Bertz CT molecular complexity index is 1080. The van der Waals surface area contributed by atoms with Gasteiger partial charge in [-0.25, -0.2) is 0 Å². The second-order valence-corrected chi connectivity index (χ2v) is 9.15. The zero-order valence-corrected chi connectivity index (χ0v) is 18.6. The molecule has 2 atom stereocenters. The third kappa shape index (κ3) is 3.92. The Kier molecular flexibility index (Phi) is 5.63. The molecule has 6 heteroatoms. The number of H-pyrrole nitrogens is 1. The molecule has 2 aliphatic rings. The lowest BCUT2D eigenvalue weighted by atomic mass is 9.93. The molecule has 2 aromatic carbocycles. The largest absolute Gasteiger partial charge is 0.492 e. The second kappa shape index (κ2) is 8.56. The van der Waals surface area contributed by atoms with Crippen LogP contribution >= 0.6 is 11.6 Å². The first kappa shape index (κ1) is 20.4. The molecule has 1 N–H and O–H groups in total. The van der Waals surface area contributed by atoms with Crippen LogP contribution in [0, 0.1) is 0 Å². The van der Waals surface area contributed by atoms with Crippen molar-refractivity contribution in [1.82, 2.24) is 14.8 Å². The summed E-state index contributed by atoms with van der Waals surface area (Å²) in [6, 6.07) is 14.5. The maximum atomic E-state index is 11.9. The Balaban J connectivity index is 1.40. The number of fused-ring (bicyclic) bond motifs is 3. The van der Waals surface area contributed by atoms with Crippen molar-refractivity contribution in [2.24, 2.45) is 0 Å². The lowest BCUT2D eigenvalue weighted by Crippen LogP contribution is -2.40. The highest BCUT2D eigenvalue weighted by Gasteiger charge is 2.31. The molecule has 31 heavy (non-hydrogen) atoms. The van der Waals surface area contributed by atoms with E-state index >= 15 is 0 Å². The molecule has 5 nitrogen and oxygen atoms in total. The van der Waals surface area contributed by atoms with Crippen LogP contribution in [0.25, 0.3) is 10.9 Å². The fourth-order valence-corrected chi connectivity index (χ4v) is 5.22. The minimum Gasteiger partial charge on any atom is -0.492 e. The van der Waals surface area contributed by atoms with E-state index in [4.69, 9.17) is 16.3 Å². The van der Waals surface area contributed by atoms with E-state index in [0.717, 1.165) is 52.3 Å². The number of halogens is 1. The predicted molar refractivity (Wildman–Crippen MR) is 124 cm³/mol. The molecule has 1 amide bonds. The van der Waals surface area contributed by atoms with Crippen molar-refractivity contribution in [3.8, 4) is 5.75 Å². The number of aromatic amines is 1. The molecule has 0 saturated carbocycles. The lowest BCUT2D eigenvalue weighted by Gasteiger charge is -2.33. The lowest BCUT2D eigenvalue weighted by molar-refractivity contribution is -0.120. The summed E-state index contributed by atoms with van der Waals surface area (Å²) in [5.41, 5.74) is 4.46. The van der Waals surface area contributed by atoms with E-state index in [0.29, 0.717) is 19.2 Å². The average Bonchev–Trinajstić information content (AvgIpc) is 3.16. The molecule has 2 aliphatic heterocycles. The van der Waals surface area contributed by atoms with Crippen molar-refractivity contribution in [1.29, 1.82) is 0 Å². The van der Waals surface area contributed by atoms with Crippen molar-refractivity contribution in [2.45, 2.75) is 37.8 Å². The maximum Gasteiger partial charge on any atom is 0.210 e. The maximum absolute atomic E-state index is 11.9. The number of hydrogen-bond donors (Lipinski definition) is 1. The molecule has 0 aliphatic carbocycles. The Morgan fingerprint density at radius 2 is 2.00 bits per heavy atom. The van der Waals surface area contributed by atoms with Gasteiger partial charge in [0.25, 0.3) is 0 Å². The van der Waals surface area contributed by atoms with Crippen LogP contribution in [0.3, 0.4) is 0 Å². The Hall–Kier alpha value is -2.50. The van der Waals surface area contributed by atoms with E-state index in [1.54, 1.807) is 0 Å². The molecule has 3 aromatic rings. The number of benzene rings is 2. The molecule has 3 heterocycles. The number of hydrogen-bond acceptors (Lipinski definition) is 3. The molecule has 0 spiro atoms. The number of likely N-dealkylation sites (tertiary alicyclic amines) is 1. The molecule has 1 saturated heterocycles. The van der Waals surface area contributed by atoms with Crippen molar-refractivity contribution in [2.75, 3.05) is 26.7 Å². The summed E-state index contributed by atoms with van der Waals surface area (Å²) in [7, 11) is 2.18. The summed E-state index contributed by atoms with van der Waals surface area (Å²) in [5, 5.41) is 1.88. The SMILES string of the molecule is CN1CCCCC1COc1ccc(C2c3[nH]c4ccc(Cl)cc4c3CCN2C=O)cc1. The standard InChI is InChI=1S/C25H28ClN3O2/c1-28-12-3-2-4-19(28)15-31-20-8-5-17(6-9-20)25-24-21(11-13-29(25)16-30)22-14-18(26)7-10-23(22)27-24/h5-10,14,16,19,25,27H,2-4,11-13,15H2,1H3. The minimum absolute atomic E-state index is 0.133. The molecule has 5 rings (SSSR count). The highest BCUT2D eigenvalue weighted by molar-refractivity contribution is 6.31. The van der Waals surface area contributed by atoms with Gasteiger partial charge in [-0.1, -0.05) is 30.2 Å². The molecule has 162 valence electrons. The van der Waals surface area contributed by atoms with E-state index in [1.807, 2.05) is 35.2 Å². The van der Waals surface area contributed by atoms with Crippen molar-refractivity contribution in [3.63, 3.8) is 0 Å². The van der Waals surface area contributed by atoms with Crippen LogP contribution in [0.5, 0.6) is 5.75 Å². The van der Waals surface area contributed by atoms with E-state index in [1.165, 1.54) is 24.8 Å². The minimum atomic E-state index is -0.133. The summed E-state index contributed by atoms with van der Waals surface area (Å²) in [5.74, 6) is 0.875. The number of rotatable bonds is 5. The van der Waals surface area contributed by atoms with E-state index in [-0.39, 0.29) is 6.04 Å². The quantitative estimate of drug-likeness (QED) is 0.584. The van der Waals surface area contributed by atoms with Gasteiger partial charge in [0.1, 0.15) is 12.4 Å². The fraction of sp³-hybridized carbons (Fsp3) is 0.400. The Labute approximate surface area is 187 Å². The van der Waals surface area contributed by atoms with Crippen LogP contribution in [-0.2, 0) is 11.2 Å². The molecular weight excluding hydrogens is 410 g/mol. The number of amides is 1. The van der Waals surface area contributed by atoms with Gasteiger partial charge in [0.2, 0.25) is 6.41 Å². The summed E-state index contributed by atoms with van der Waals surface area (Å²) in [4.78, 5) is 19.7. The summed E-state index contributed by atoms with van der Waals surface area (Å²) in [6.07, 6.45) is 5.52. The van der Waals surface area contributed by atoms with Gasteiger partial charge >= 0.3 is 0 Å². The zero-order valence-electron chi connectivity index (χ0n) is 17.8. The molecule has 1 aromatic heterocycles. The first-order chi connectivity index (χ1) is 15.1. The number of carbonyl (C=O) groups excluding carboxylic acids is 1. The van der Waals surface area contributed by atoms with Crippen molar-refractivity contribution in [3.05, 3.63) is 64.3 Å². The number of nitrogens with zero attached hydrogens (tertiary/aromatic N) is 2. The van der Waals surface area contributed by atoms with Gasteiger partial charge in [-0.05, 0) is 74.3 Å². The van der Waals surface area contributed by atoms with Crippen LogP contribution in [0.4, 0.5) is 0 Å². The normalized spacial score (nSPS) is 21.8. The van der Waals surface area contributed by atoms with Gasteiger partial charge in [-0.3, -0.25) is 4.79 Å². The zero-order chi connectivity index (χ0) is 21.4. The van der Waals surface area contributed by atoms with Gasteiger partial charge in [-0.2, -0.15) is 0 Å². The van der Waals surface area contributed by atoms with Crippen LogP contribution in [0.1, 0.15) is 42.1 Å².